The van der Waals surface area contributed by atoms with Gasteiger partial charge in [0.1, 0.15) is 0 Å². The van der Waals surface area contributed by atoms with Gasteiger partial charge in [-0.15, -0.1) is 0 Å². The molecule has 0 heterocycles. The van der Waals surface area contributed by atoms with Crippen LogP contribution in [0, 0.1) is 6.92 Å². The van der Waals surface area contributed by atoms with Crippen molar-refractivity contribution in [2.45, 2.75) is 24.5 Å². The number of nitrogens with one attached hydrogen (secondary N) is 1. The van der Waals surface area contributed by atoms with Crippen LogP contribution in [0.4, 0.5) is 24.5 Å². The lowest BCUT2D eigenvalue weighted by Crippen LogP contribution is -2.32. The van der Waals surface area contributed by atoms with Crippen LogP contribution in [0.25, 0.3) is 0 Å². The maximum atomic E-state index is 13.8. The molecule has 196 valence electrons. The highest BCUT2D eigenvalue weighted by Gasteiger charge is 2.31. The molecule has 0 saturated heterocycles. The standard InChI is InChI=1S/C28H22ClF3N2O3S/c1-19-6-16-24(17-7-19)38(36,37)34(18-20-8-12-22(29)13-9-20)26-5-3-2-4-25(26)27(35)33-23-14-10-21(11-15-23)28(30,31)32/h2-17H,18H2,1H3,(H,33,35). The summed E-state index contributed by atoms with van der Waals surface area (Å²) in [5.74, 6) is -0.680. The summed E-state index contributed by atoms with van der Waals surface area (Å²) in [6.07, 6.45) is -4.51. The van der Waals surface area contributed by atoms with Crippen LogP contribution < -0.4 is 9.62 Å². The second kappa shape index (κ2) is 10.9. The van der Waals surface area contributed by atoms with Gasteiger partial charge in [-0.25, -0.2) is 8.42 Å². The molecular weight excluding hydrogens is 537 g/mol. The molecule has 0 aromatic heterocycles. The first-order valence-electron chi connectivity index (χ1n) is 11.4. The monoisotopic (exact) mass is 558 g/mol. The van der Waals surface area contributed by atoms with Gasteiger partial charge in [-0.1, -0.05) is 53.6 Å². The van der Waals surface area contributed by atoms with Crippen molar-refractivity contribution in [1.82, 2.24) is 0 Å². The van der Waals surface area contributed by atoms with E-state index in [-0.39, 0.29) is 28.4 Å². The molecule has 0 bridgehead atoms. The van der Waals surface area contributed by atoms with Crippen LogP contribution in [0.5, 0.6) is 0 Å². The Labute approximate surface area is 223 Å². The Balaban J connectivity index is 1.74. The number of aryl methyl sites for hydroxylation is 1. The van der Waals surface area contributed by atoms with Gasteiger partial charge in [0.05, 0.1) is 28.3 Å². The number of hydrogen-bond acceptors (Lipinski definition) is 3. The Morgan fingerprint density at radius 1 is 0.868 bits per heavy atom. The number of carbonyl (C=O) groups excluding carboxylic acids is 1. The first kappa shape index (κ1) is 27.2. The van der Waals surface area contributed by atoms with Gasteiger partial charge in [0, 0.05) is 10.7 Å². The number of alkyl halides is 3. The van der Waals surface area contributed by atoms with E-state index >= 15 is 0 Å². The van der Waals surface area contributed by atoms with Gasteiger partial charge in [-0.2, -0.15) is 13.2 Å². The Morgan fingerprint density at radius 2 is 1.47 bits per heavy atom. The highest BCUT2D eigenvalue weighted by Crippen LogP contribution is 2.32. The summed E-state index contributed by atoms with van der Waals surface area (Å²) in [5.41, 5.74) is 0.912. The van der Waals surface area contributed by atoms with Crippen molar-refractivity contribution >= 4 is 38.9 Å². The van der Waals surface area contributed by atoms with Crippen molar-refractivity contribution in [2.24, 2.45) is 0 Å². The number of sulfonamides is 1. The molecule has 0 spiro atoms. The lowest BCUT2D eigenvalue weighted by molar-refractivity contribution is -0.137. The zero-order valence-electron chi connectivity index (χ0n) is 20.0. The van der Waals surface area contributed by atoms with Crippen molar-refractivity contribution in [1.29, 1.82) is 0 Å². The molecular formula is C28H22ClF3N2O3S. The predicted octanol–water partition coefficient (Wildman–Crippen LogP) is 7.32. The molecule has 0 fully saturated rings. The molecule has 1 amide bonds. The first-order valence-corrected chi connectivity index (χ1v) is 13.2. The maximum absolute atomic E-state index is 13.8. The molecule has 5 nitrogen and oxygen atoms in total. The van der Waals surface area contributed by atoms with Crippen LogP contribution >= 0.6 is 11.6 Å². The minimum Gasteiger partial charge on any atom is -0.322 e. The Bertz CT molecular complexity index is 1540. The van der Waals surface area contributed by atoms with E-state index in [1.807, 2.05) is 6.92 Å². The molecule has 1 N–H and O–H groups in total. The zero-order chi connectivity index (χ0) is 27.5. The van der Waals surface area contributed by atoms with E-state index < -0.39 is 27.7 Å². The number of carbonyl (C=O) groups is 1. The van der Waals surface area contributed by atoms with Crippen molar-refractivity contribution in [3.63, 3.8) is 0 Å². The fourth-order valence-corrected chi connectivity index (χ4v) is 5.31. The fourth-order valence-electron chi connectivity index (χ4n) is 3.72. The molecule has 4 aromatic rings. The third-order valence-corrected chi connectivity index (χ3v) is 7.76. The molecule has 10 heteroatoms. The minimum absolute atomic E-state index is 0.0250. The number of halogens is 4. The number of hydrogen-bond donors (Lipinski definition) is 1. The SMILES string of the molecule is Cc1ccc(S(=O)(=O)N(Cc2ccc(Cl)cc2)c2ccccc2C(=O)Nc2ccc(C(F)(F)F)cc2)cc1. The topological polar surface area (TPSA) is 66.5 Å². The molecule has 4 aromatic carbocycles. The summed E-state index contributed by atoms with van der Waals surface area (Å²) in [5, 5.41) is 3.04. The average Bonchev–Trinajstić information content (AvgIpc) is 2.88. The van der Waals surface area contributed by atoms with Crippen molar-refractivity contribution in [3.05, 3.63) is 124 Å². The Hall–Kier alpha value is -3.82. The zero-order valence-corrected chi connectivity index (χ0v) is 21.6. The van der Waals surface area contributed by atoms with E-state index in [0.717, 1.165) is 34.1 Å². The van der Waals surface area contributed by atoms with Gasteiger partial charge in [0.15, 0.2) is 0 Å². The second-order valence-electron chi connectivity index (χ2n) is 8.50. The van der Waals surface area contributed by atoms with Crippen molar-refractivity contribution in [3.8, 4) is 0 Å². The number of benzene rings is 4. The number of para-hydroxylation sites is 1. The van der Waals surface area contributed by atoms with Crippen LogP contribution in [0.15, 0.2) is 102 Å². The van der Waals surface area contributed by atoms with Gasteiger partial charge < -0.3 is 5.32 Å². The Morgan fingerprint density at radius 3 is 2.08 bits per heavy atom. The maximum Gasteiger partial charge on any atom is 0.416 e. The van der Waals surface area contributed by atoms with E-state index in [9.17, 15) is 26.4 Å². The third kappa shape index (κ3) is 6.17. The van der Waals surface area contributed by atoms with E-state index in [4.69, 9.17) is 11.6 Å². The van der Waals surface area contributed by atoms with Gasteiger partial charge in [0.2, 0.25) is 0 Å². The molecule has 0 unspecified atom stereocenters. The highest BCUT2D eigenvalue weighted by molar-refractivity contribution is 7.92. The molecule has 0 aliphatic heterocycles. The molecule has 38 heavy (non-hydrogen) atoms. The smallest absolute Gasteiger partial charge is 0.322 e. The van der Waals surface area contributed by atoms with Crippen molar-refractivity contribution < 1.29 is 26.4 Å². The van der Waals surface area contributed by atoms with Gasteiger partial charge >= 0.3 is 6.18 Å². The van der Waals surface area contributed by atoms with Gasteiger partial charge in [0.25, 0.3) is 15.9 Å². The minimum atomic E-state index is -4.51. The number of anilines is 2. The molecule has 0 radical (unpaired) electrons. The summed E-state index contributed by atoms with van der Waals surface area (Å²) in [6, 6.07) is 23.1. The van der Waals surface area contributed by atoms with E-state index in [1.54, 1.807) is 48.5 Å². The first-order chi connectivity index (χ1) is 17.9. The second-order valence-corrected chi connectivity index (χ2v) is 10.8. The Kier molecular flexibility index (Phi) is 7.80. The van der Waals surface area contributed by atoms with Crippen LogP contribution in [0.2, 0.25) is 5.02 Å². The van der Waals surface area contributed by atoms with Crippen LogP contribution in [-0.4, -0.2) is 14.3 Å². The summed E-state index contributed by atoms with van der Waals surface area (Å²) in [6.45, 7) is 1.74. The molecule has 0 saturated carbocycles. The largest absolute Gasteiger partial charge is 0.416 e. The highest BCUT2D eigenvalue weighted by atomic mass is 35.5. The van der Waals surface area contributed by atoms with Gasteiger partial charge in [-0.05, 0) is 73.2 Å². The summed E-state index contributed by atoms with van der Waals surface area (Å²) >= 11 is 6.00. The predicted molar refractivity (Wildman–Crippen MR) is 142 cm³/mol. The lowest BCUT2D eigenvalue weighted by atomic mass is 10.1. The average molecular weight is 559 g/mol. The fraction of sp³-hybridized carbons (Fsp3) is 0.107. The van der Waals surface area contributed by atoms with Crippen LogP contribution in [0.1, 0.15) is 27.0 Å². The summed E-state index contributed by atoms with van der Waals surface area (Å²) in [7, 11) is -4.13. The van der Waals surface area contributed by atoms with Crippen LogP contribution in [0.3, 0.4) is 0 Å². The number of rotatable bonds is 7. The quantitative estimate of drug-likeness (QED) is 0.258. The number of nitrogens with zero attached hydrogens (tertiary/aromatic N) is 1. The lowest BCUT2D eigenvalue weighted by Gasteiger charge is -2.27. The molecule has 4 rings (SSSR count). The third-order valence-electron chi connectivity index (χ3n) is 5.74. The molecule has 0 aliphatic rings. The van der Waals surface area contributed by atoms with E-state index in [1.165, 1.54) is 24.3 Å². The normalized spacial score (nSPS) is 11.7. The molecule has 0 atom stereocenters. The number of amides is 1. The van der Waals surface area contributed by atoms with Crippen molar-refractivity contribution in [2.75, 3.05) is 9.62 Å². The van der Waals surface area contributed by atoms with E-state index in [0.29, 0.717) is 10.6 Å². The molecule has 0 aliphatic carbocycles. The summed E-state index contributed by atoms with van der Waals surface area (Å²) < 4.78 is 67.5. The van der Waals surface area contributed by atoms with Crippen LogP contribution in [-0.2, 0) is 22.7 Å². The van der Waals surface area contributed by atoms with Gasteiger partial charge in [-0.3, -0.25) is 9.10 Å². The summed E-state index contributed by atoms with van der Waals surface area (Å²) in [4.78, 5) is 13.3. The van der Waals surface area contributed by atoms with E-state index in [2.05, 4.69) is 5.32 Å².